The number of benzene rings is 1. The van der Waals surface area contributed by atoms with E-state index in [1.807, 2.05) is 12.1 Å². The summed E-state index contributed by atoms with van der Waals surface area (Å²) >= 11 is 4.52. The molecule has 0 atom stereocenters. The first-order chi connectivity index (χ1) is 7.99. The van der Waals surface area contributed by atoms with Gasteiger partial charge in [-0.25, -0.2) is 4.98 Å². The van der Waals surface area contributed by atoms with Crippen molar-refractivity contribution in [2.45, 2.75) is 35.5 Å². The lowest BCUT2D eigenvalue weighted by atomic mass is 10.1. The zero-order valence-electron chi connectivity index (χ0n) is 9.98. The molecule has 6 heteroatoms. The summed E-state index contributed by atoms with van der Waals surface area (Å²) in [6, 6.07) is 6.09. The number of rotatable bonds is 3. The highest BCUT2D eigenvalue weighted by atomic mass is 32.2. The summed E-state index contributed by atoms with van der Waals surface area (Å²) in [5, 5.41) is 5.63. The maximum absolute atomic E-state index is 5.63. The quantitative estimate of drug-likeness (QED) is 0.843. The van der Waals surface area contributed by atoms with Gasteiger partial charge in [-0.15, -0.1) is 11.3 Å². The van der Waals surface area contributed by atoms with E-state index in [0.29, 0.717) is 0 Å². The third-order valence-electron chi connectivity index (χ3n) is 1.93. The average Bonchev–Trinajstić information content (AvgIpc) is 2.67. The summed E-state index contributed by atoms with van der Waals surface area (Å²) in [6.07, 6.45) is 0. The van der Waals surface area contributed by atoms with Gasteiger partial charge in [0.1, 0.15) is 0 Å². The molecule has 17 heavy (non-hydrogen) atoms. The fraction of sp³-hybridized carbons (Fsp3) is 0.364. The second kappa shape index (κ2) is 5.16. The Hall–Kier alpha value is -0.270. The second-order valence-corrected chi connectivity index (χ2v) is 7.41. The van der Waals surface area contributed by atoms with E-state index in [9.17, 15) is 0 Å². The second-order valence-electron chi connectivity index (χ2n) is 4.65. The fourth-order valence-corrected chi connectivity index (χ4v) is 3.54. The molecule has 3 N–H and O–H groups in total. The monoisotopic (exact) mass is 285 g/mol. The van der Waals surface area contributed by atoms with Crippen LogP contribution in [0.4, 0.5) is 0 Å². The number of fused-ring (bicyclic) bond motifs is 1. The molecule has 1 aromatic carbocycles. The minimum atomic E-state index is 0.0773. The van der Waals surface area contributed by atoms with Gasteiger partial charge in [0, 0.05) is 10.4 Å². The van der Waals surface area contributed by atoms with Gasteiger partial charge in [0.2, 0.25) is 0 Å². The standard InChI is InChI=1S/C11H15N3S3/c1-11(2,3)14-17-10-13-9-7(15-10)5-4-6-8(9)16-12/h4-6,14H,12H2,1-3H3. The highest BCUT2D eigenvalue weighted by Gasteiger charge is 2.13. The van der Waals surface area contributed by atoms with Crippen molar-refractivity contribution in [2.24, 2.45) is 5.14 Å². The van der Waals surface area contributed by atoms with Gasteiger partial charge in [-0.05, 0) is 56.8 Å². The maximum Gasteiger partial charge on any atom is 0.166 e. The van der Waals surface area contributed by atoms with E-state index in [1.165, 1.54) is 16.6 Å². The molecular formula is C11H15N3S3. The van der Waals surface area contributed by atoms with E-state index in [0.717, 1.165) is 14.8 Å². The summed E-state index contributed by atoms with van der Waals surface area (Å²) in [5.41, 5.74) is 1.08. The highest BCUT2D eigenvalue weighted by molar-refractivity contribution is 7.99. The predicted molar refractivity (Wildman–Crippen MR) is 78.4 cm³/mol. The van der Waals surface area contributed by atoms with Crippen LogP contribution < -0.4 is 9.86 Å². The summed E-state index contributed by atoms with van der Waals surface area (Å²) in [4.78, 5) is 5.63. The zero-order chi connectivity index (χ0) is 12.5. The fourth-order valence-electron chi connectivity index (χ4n) is 1.24. The number of nitrogens with one attached hydrogen (secondary N) is 1. The first-order valence-corrected chi connectivity index (χ1v) is 7.71. The lowest BCUT2D eigenvalue weighted by molar-refractivity contribution is 0.535. The molecule has 0 fully saturated rings. The Morgan fingerprint density at radius 2 is 2.12 bits per heavy atom. The molecule has 0 aliphatic heterocycles. The van der Waals surface area contributed by atoms with Crippen molar-refractivity contribution in [3.8, 4) is 0 Å². The summed E-state index contributed by atoms with van der Waals surface area (Å²) < 4.78 is 5.57. The lowest BCUT2D eigenvalue weighted by Gasteiger charge is -2.17. The van der Waals surface area contributed by atoms with Crippen molar-refractivity contribution < 1.29 is 0 Å². The van der Waals surface area contributed by atoms with E-state index in [2.05, 4.69) is 36.5 Å². The Labute approximate surface area is 114 Å². The van der Waals surface area contributed by atoms with Gasteiger partial charge in [-0.3, -0.25) is 9.86 Å². The van der Waals surface area contributed by atoms with Crippen molar-refractivity contribution in [1.29, 1.82) is 0 Å². The van der Waals surface area contributed by atoms with Crippen molar-refractivity contribution >= 4 is 45.4 Å². The number of aromatic nitrogens is 1. The first-order valence-electron chi connectivity index (χ1n) is 5.20. The van der Waals surface area contributed by atoms with E-state index >= 15 is 0 Å². The molecule has 2 rings (SSSR count). The number of hydrogen-bond donors (Lipinski definition) is 2. The Kier molecular flexibility index (Phi) is 3.99. The van der Waals surface area contributed by atoms with Crippen LogP contribution in [0, 0.1) is 0 Å². The average molecular weight is 285 g/mol. The van der Waals surface area contributed by atoms with Crippen LogP contribution in [0.3, 0.4) is 0 Å². The van der Waals surface area contributed by atoms with Crippen LogP contribution in [0.5, 0.6) is 0 Å². The van der Waals surface area contributed by atoms with Crippen molar-refractivity contribution in [3.63, 3.8) is 0 Å². The van der Waals surface area contributed by atoms with E-state index in [1.54, 1.807) is 23.3 Å². The molecule has 1 aromatic heterocycles. The molecule has 0 aliphatic carbocycles. The lowest BCUT2D eigenvalue weighted by Crippen LogP contribution is -2.29. The Bertz CT molecular complexity index is 516. The van der Waals surface area contributed by atoms with Gasteiger partial charge >= 0.3 is 0 Å². The maximum atomic E-state index is 5.63. The number of thiazole rings is 1. The minimum Gasteiger partial charge on any atom is -0.274 e. The molecule has 0 aliphatic rings. The molecule has 3 nitrogen and oxygen atoms in total. The molecule has 0 saturated heterocycles. The molecule has 0 bridgehead atoms. The van der Waals surface area contributed by atoms with Gasteiger partial charge in [0.05, 0.1) is 10.2 Å². The molecule has 0 spiro atoms. The third kappa shape index (κ3) is 3.35. The van der Waals surface area contributed by atoms with E-state index in [-0.39, 0.29) is 5.54 Å². The number of para-hydroxylation sites is 1. The van der Waals surface area contributed by atoms with E-state index in [4.69, 9.17) is 5.14 Å². The highest BCUT2D eigenvalue weighted by Crippen LogP contribution is 2.33. The minimum absolute atomic E-state index is 0.0773. The van der Waals surface area contributed by atoms with Crippen LogP contribution in [0.2, 0.25) is 0 Å². The van der Waals surface area contributed by atoms with Crippen molar-refractivity contribution in [2.75, 3.05) is 0 Å². The summed E-state index contributed by atoms with van der Waals surface area (Å²) in [7, 11) is 0. The SMILES string of the molecule is CC(C)(C)NSc1nc2c(SN)cccc2s1. The summed E-state index contributed by atoms with van der Waals surface area (Å²) in [6.45, 7) is 6.40. The topological polar surface area (TPSA) is 50.9 Å². The number of nitrogens with zero attached hydrogens (tertiary/aromatic N) is 1. The van der Waals surface area contributed by atoms with Crippen LogP contribution in [-0.2, 0) is 0 Å². The third-order valence-corrected chi connectivity index (χ3v) is 4.81. The van der Waals surface area contributed by atoms with Gasteiger partial charge in [-0.1, -0.05) is 6.07 Å². The Balaban J connectivity index is 2.26. The molecule has 0 unspecified atom stereocenters. The predicted octanol–water partition coefficient (Wildman–Crippen LogP) is 3.66. The number of hydrogen-bond acceptors (Lipinski definition) is 6. The van der Waals surface area contributed by atoms with Crippen LogP contribution in [-0.4, -0.2) is 10.5 Å². The summed E-state index contributed by atoms with van der Waals surface area (Å²) in [5.74, 6) is 0. The van der Waals surface area contributed by atoms with Crippen LogP contribution in [0.15, 0.2) is 27.4 Å². The van der Waals surface area contributed by atoms with Crippen molar-refractivity contribution in [3.05, 3.63) is 18.2 Å². The largest absolute Gasteiger partial charge is 0.274 e. The molecule has 0 saturated carbocycles. The van der Waals surface area contributed by atoms with Gasteiger partial charge in [0.15, 0.2) is 4.34 Å². The normalized spacial score (nSPS) is 12.2. The Morgan fingerprint density at radius 1 is 1.35 bits per heavy atom. The molecule has 0 amide bonds. The van der Waals surface area contributed by atoms with Gasteiger partial charge in [0.25, 0.3) is 0 Å². The molecular weight excluding hydrogens is 270 g/mol. The first kappa shape index (κ1) is 13.2. The number of nitrogens with two attached hydrogens (primary N) is 1. The van der Waals surface area contributed by atoms with E-state index < -0.39 is 0 Å². The zero-order valence-corrected chi connectivity index (χ0v) is 12.4. The Morgan fingerprint density at radius 3 is 2.76 bits per heavy atom. The van der Waals surface area contributed by atoms with Crippen molar-refractivity contribution in [1.82, 2.24) is 9.71 Å². The van der Waals surface area contributed by atoms with Crippen LogP contribution in [0.25, 0.3) is 10.2 Å². The molecule has 0 radical (unpaired) electrons. The van der Waals surface area contributed by atoms with Gasteiger partial charge in [-0.2, -0.15) is 0 Å². The van der Waals surface area contributed by atoms with Gasteiger partial charge < -0.3 is 0 Å². The molecule has 1 heterocycles. The smallest absolute Gasteiger partial charge is 0.166 e. The molecule has 2 aromatic rings. The molecule has 92 valence electrons. The van der Waals surface area contributed by atoms with Crippen LogP contribution >= 0.6 is 35.2 Å². The van der Waals surface area contributed by atoms with Crippen LogP contribution in [0.1, 0.15) is 20.8 Å².